The Morgan fingerprint density at radius 3 is 3.12 bits per heavy atom. The summed E-state index contributed by atoms with van der Waals surface area (Å²) in [7, 11) is 0. The highest BCUT2D eigenvalue weighted by Crippen LogP contribution is 2.33. The highest BCUT2D eigenvalue weighted by atomic mass is 32.2. The normalized spacial score (nSPS) is 18.9. The van der Waals surface area contributed by atoms with Gasteiger partial charge in [-0.3, -0.25) is 4.99 Å². The maximum Gasteiger partial charge on any atom is 0.338 e. The smallest absolute Gasteiger partial charge is 0.338 e. The molecule has 0 fully saturated rings. The Kier molecular flexibility index (Phi) is 3.68. The highest BCUT2D eigenvalue weighted by molar-refractivity contribution is 8.14. The Morgan fingerprint density at radius 1 is 1.65 bits per heavy atom. The van der Waals surface area contributed by atoms with E-state index in [1.807, 2.05) is 18.2 Å². The van der Waals surface area contributed by atoms with E-state index in [1.165, 1.54) is 11.8 Å². The van der Waals surface area contributed by atoms with Crippen LogP contribution in [0.2, 0.25) is 0 Å². The number of nitrogens with two attached hydrogens (primary N) is 1. The fourth-order valence-corrected chi connectivity index (χ4v) is 2.52. The van der Waals surface area contributed by atoms with Crippen molar-refractivity contribution in [1.82, 2.24) is 0 Å². The second-order valence-electron chi connectivity index (χ2n) is 3.63. The summed E-state index contributed by atoms with van der Waals surface area (Å²) in [5.74, 6) is -0.286. The van der Waals surface area contributed by atoms with Crippen LogP contribution < -0.4 is 5.73 Å². The molecule has 0 bridgehead atoms. The molecule has 0 radical (unpaired) electrons. The molecule has 0 amide bonds. The number of rotatable bonds is 3. The molecule has 5 heteroatoms. The number of thioether (sulfide) groups is 1. The molecule has 0 saturated heterocycles. The molecule has 1 aliphatic heterocycles. The Labute approximate surface area is 104 Å². The lowest BCUT2D eigenvalue weighted by molar-refractivity contribution is 0.0526. The summed E-state index contributed by atoms with van der Waals surface area (Å²) in [6.07, 6.45) is 0. The minimum absolute atomic E-state index is 0.212. The zero-order valence-corrected chi connectivity index (χ0v) is 10.4. The van der Waals surface area contributed by atoms with E-state index in [-0.39, 0.29) is 11.2 Å². The minimum Gasteiger partial charge on any atom is -0.462 e. The standard InChI is InChI=1S/C12H14N2O2S/c1-2-16-11(15)9-5-3-4-8(6-9)10-7-14-12(13)17-10/h3-6,10H,2,7H2,1H3,(H2,13,14). The fourth-order valence-electron chi connectivity index (χ4n) is 1.65. The number of carbonyl (C=O) groups excluding carboxylic acids is 1. The zero-order valence-electron chi connectivity index (χ0n) is 9.55. The largest absolute Gasteiger partial charge is 0.462 e. The van der Waals surface area contributed by atoms with Crippen molar-refractivity contribution in [2.75, 3.05) is 13.2 Å². The molecule has 1 aromatic carbocycles. The summed E-state index contributed by atoms with van der Waals surface area (Å²) in [4.78, 5) is 15.7. The summed E-state index contributed by atoms with van der Waals surface area (Å²) < 4.78 is 4.97. The molecule has 1 aliphatic rings. The van der Waals surface area contributed by atoms with Gasteiger partial charge >= 0.3 is 5.97 Å². The van der Waals surface area contributed by atoms with Gasteiger partial charge in [-0.15, -0.1) is 0 Å². The summed E-state index contributed by atoms with van der Waals surface area (Å²) >= 11 is 1.53. The SMILES string of the molecule is CCOC(=O)c1cccc(C2CN=C(N)S2)c1. The van der Waals surface area contributed by atoms with Gasteiger partial charge in [-0.2, -0.15) is 0 Å². The second-order valence-corrected chi connectivity index (χ2v) is 4.85. The molecule has 1 aromatic rings. The average molecular weight is 250 g/mol. The minimum atomic E-state index is -0.286. The van der Waals surface area contributed by atoms with Gasteiger partial charge in [0.25, 0.3) is 0 Å². The number of hydrogen-bond acceptors (Lipinski definition) is 5. The van der Waals surface area contributed by atoms with Crippen molar-refractivity contribution in [2.24, 2.45) is 10.7 Å². The van der Waals surface area contributed by atoms with Gasteiger partial charge in [0.05, 0.1) is 24.0 Å². The lowest BCUT2D eigenvalue weighted by Crippen LogP contribution is -2.06. The fraction of sp³-hybridized carbons (Fsp3) is 0.333. The van der Waals surface area contributed by atoms with Gasteiger partial charge in [-0.1, -0.05) is 23.9 Å². The van der Waals surface area contributed by atoms with Crippen LogP contribution in [0.3, 0.4) is 0 Å². The van der Waals surface area contributed by atoms with E-state index < -0.39 is 0 Å². The number of amidine groups is 1. The highest BCUT2D eigenvalue weighted by Gasteiger charge is 2.20. The average Bonchev–Trinajstić information content (AvgIpc) is 2.76. The van der Waals surface area contributed by atoms with Crippen molar-refractivity contribution in [3.63, 3.8) is 0 Å². The van der Waals surface area contributed by atoms with E-state index in [0.717, 1.165) is 5.56 Å². The molecule has 2 rings (SSSR count). The third-order valence-corrected chi connectivity index (χ3v) is 3.52. The number of aliphatic imine (C=N–C) groups is 1. The molecule has 4 nitrogen and oxygen atoms in total. The monoisotopic (exact) mass is 250 g/mol. The Morgan fingerprint density at radius 2 is 2.47 bits per heavy atom. The van der Waals surface area contributed by atoms with E-state index in [2.05, 4.69) is 4.99 Å². The summed E-state index contributed by atoms with van der Waals surface area (Å²) in [5.41, 5.74) is 7.27. The van der Waals surface area contributed by atoms with Crippen LogP contribution in [0.25, 0.3) is 0 Å². The molecule has 1 heterocycles. The molecule has 0 aliphatic carbocycles. The predicted molar refractivity (Wildman–Crippen MR) is 69.2 cm³/mol. The molecular formula is C12H14N2O2S. The number of esters is 1. The van der Waals surface area contributed by atoms with Gasteiger partial charge in [0.2, 0.25) is 0 Å². The number of ether oxygens (including phenoxy) is 1. The number of nitrogens with zero attached hydrogens (tertiary/aromatic N) is 1. The van der Waals surface area contributed by atoms with Crippen LogP contribution in [-0.4, -0.2) is 24.3 Å². The lowest BCUT2D eigenvalue weighted by Gasteiger charge is -2.09. The van der Waals surface area contributed by atoms with Crippen molar-refractivity contribution in [1.29, 1.82) is 0 Å². The molecule has 0 aromatic heterocycles. The molecule has 0 spiro atoms. The van der Waals surface area contributed by atoms with Crippen LogP contribution in [0, 0.1) is 0 Å². The Hall–Kier alpha value is -1.49. The van der Waals surface area contributed by atoms with Crippen LogP contribution in [-0.2, 0) is 4.74 Å². The van der Waals surface area contributed by atoms with E-state index in [1.54, 1.807) is 13.0 Å². The van der Waals surface area contributed by atoms with Gasteiger partial charge in [-0.25, -0.2) is 4.79 Å². The van der Waals surface area contributed by atoms with Crippen molar-refractivity contribution in [2.45, 2.75) is 12.2 Å². The number of carbonyl (C=O) groups is 1. The van der Waals surface area contributed by atoms with Gasteiger partial charge in [-0.05, 0) is 24.6 Å². The molecule has 2 N–H and O–H groups in total. The topological polar surface area (TPSA) is 64.7 Å². The first-order chi connectivity index (χ1) is 8.20. The maximum absolute atomic E-state index is 11.6. The number of hydrogen-bond donors (Lipinski definition) is 1. The summed E-state index contributed by atoms with van der Waals surface area (Å²) in [5, 5.41) is 0.820. The van der Waals surface area contributed by atoms with Crippen LogP contribution in [0.15, 0.2) is 29.3 Å². The first-order valence-corrected chi connectivity index (χ1v) is 6.32. The van der Waals surface area contributed by atoms with Crippen LogP contribution >= 0.6 is 11.8 Å². The van der Waals surface area contributed by atoms with E-state index >= 15 is 0 Å². The molecule has 17 heavy (non-hydrogen) atoms. The van der Waals surface area contributed by atoms with Crippen molar-refractivity contribution in [3.8, 4) is 0 Å². The number of benzene rings is 1. The van der Waals surface area contributed by atoms with Gasteiger partial charge in [0.15, 0.2) is 5.17 Å². The third-order valence-electron chi connectivity index (χ3n) is 2.45. The summed E-state index contributed by atoms with van der Waals surface area (Å²) in [6.45, 7) is 2.85. The second kappa shape index (κ2) is 5.23. The predicted octanol–water partition coefficient (Wildman–Crippen LogP) is 1.97. The van der Waals surface area contributed by atoms with Gasteiger partial charge in [0.1, 0.15) is 0 Å². The van der Waals surface area contributed by atoms with Crippen LogP contribution in [0.4, 0.5) is 0 Å². The van der Waals surface area contributed by atoms with E-state index in [4.69, 9.17) is 10.5 Å². The third kappa shape index (κ3) is 2.79. The van der Waals surface area contributed by atoms with Gasteiger partial charge < -0.3 is 10.5 Å². The van der Waals surface area contributed by atoms with E-state index in [9.17, 15) is 4.79 Å². The van der Waals surface area contributed by atoms with Crippen molar-refractivity contribution in [3.05, 3.63) is 35.4 Å². The quantitative estimate of drug-likeness (QED) is 0.833. The van der Waals surface area contributed by atoms with Crippen LogP contribution in [0.1, 0.15) is 28.1 Å². The van der Waals surface area contributed by atoms with Crippen molar-refractivity contribution < 1.29 is 9.53 Å². The first kappa shape index (κ1) is 12.0. The Bertz CT molecular complexity index is 460. The maximum atomic E-state index is 11.6. The van der Waals surface area contributed by atoms with E-state index in [0.29, 0.717) is 23.9 Å². The molecule has 0 saturated carbocycles. The zero-order chi connectivity index (χ0) is 12.3. The first-order valence-electron chi connectivity index (χ1n) is 5.44. The lowest BCUT2D eigenvalue weighted by atomic mass is 10.1. The summed E-state index contributed by atoms with van der Waals surface area (Å²) in [6, 6.07) is 7.44. The van der Waals surface area contributed by atoms with Gasteiger partial charge in [0, 0.05) is 0 Å². The van der Waals surface area contributed by atoms with Crippen LogP contribution in [0.5, 0.6) is 0 Å². The molecule has 90 valence electrons. The van der Waals surface area contributed by atoms with Crippen molar-refractivity contribution >= 4 is 22.9 Å². The molecule has 1 atom stereocenters. The Balaban J connectivity index is 2.15. The molecular weight excluding hydrogens is 236 g/mol. The molecule has 1 unspecified atom stereocenters.